The van der Waals surface area contributed by atoms with Crippen molar-refractivity contribution in [3.05, 3.63) is 35.9 Å². The molecule has 2 atom stereocenters. The van der Waals surface area contributed by atoms with Crippen LogP contribution in [0.4, 0.5) is 0 Å². The number of nitrogens with one attached hydrogen (secondary N) is 2. The van der Waals surface area contributed by atoms with Crippen LogP contribution in [0.2, 0.25) is 0 Å². The van der Waals surface area contributed by atoms with Gasteiger partial charge in [-0.3, -0.25) is 4.79 Å². The van der Waals surface area contributed by atoms with Crippen molar-refractivity contribution >= 4 is 25.4 Å². The van der Waals surface area contributed by atoms with Gasteiger partial charge in [0.05, 0.1) is 23.2 Å². The van der Waals surface area contributed by atoms with Gasteiger partial charge in [-0.1, -0.05) is 43.7 Å². The molecular weight excluding hydrogens is 387 g/mol. The molecule has 2 N–H and O–H groups in total. The molecule has 1 fully saturated rings. The van der Waals surface area contributed by atoms with Gasteiger partial charge in [-0.25, -0.2) is 0 Å². The van der Waals surface area contributed by atoms with Crippen LogP contribution in [0.15, 0.2) is 30.3 Å². The molecule has 1 saturated heterocycles. The second-order valence-corrected chi connectivity index (χ2v) is 8.75. The van der Waals surface area contributed by atoms with Crippen LogP contribution in [0.1, 0.15) is 65.9 Å². The van der Waals surface area contributed by atoms with E-state index in [1.54, 1.807) is 0 Å². The van der Waals surface area contributed by atoms with Crippen LogP contribution in [-0.4, -0.2) is 43.3 Å². The maximum Gasteiger partial charge on any atom is 0.481 e. The van der Waals surface area contributed by atoms with Crippen LogP contribution in [0.5, 0.6) is 0 Å². The second-order valence-electron chi connectivity index (χ2n) is 8.75. The number of carbonyl (C=O) groups is 1. The average Bonchev–Trinajstić information content (AvgIpc) is 2.87. The molecule has 29 heavy (non-hydrogen) atoms. The Morgan fingerprint density at radius 3 is 2.17 bits per heavy atom. The molecule has 0 radical (unpaired) electrons. The Kier molecular flexibility index (Phi) is 10.2. The highest BCUT2D eigenvalue weighted by molar-refractivity contribution is 6.48. The Labute approximate surface area is 183 Å². The van der Waals surface area contributed by atoms with Crippen molar-refractivity contribution in [3.8, 4) is 0 Å². The summed E-state index contributed by atoms with van der Waals surface area (Å²) in [6.45, 7) is 10.3. The molecular formula is C22H38BClN2O3. The number of amides is 1. The SMILES string of the molecule is CCC[C@@H](NC)C(=O)N[C@@H](CCCc1ccccc1)B1OC(C)(C)C(C)(C)O1.Cl. The first-order valence-corrected chi connectivity index (χ1v) is 10.6. The van der Waals surface area contributed by atoms with E-state index in [1.165, 1.54) is 5.56 Å². The van der Waals surface area contributed by atoms with Crippen LogP contribution in [-0.2, 0) is 20.5 Å². The molecule has 5 nitrogen and oxygen atoms in total. The fourth-order valence-corrected chi connectivity index (χ4v) is 3.48. The summed E-state index contributed by atoms with van der Waals surface area (Å²) in [5.74, 6) is -0.159. The molecule has 164 valence electrons. The topological polar surface area (TPSA) is 59.6 Å². The first-order valence-electron chi connectivity index (χ1n) is 10.6. The van der Waals surface area contributed by atoms with E-state index >= 15 is 0 Å². The van der Waals surface area contributed by atoms with E-state index < -0.39 is 18.3 Å². The van der Waals surface area contributed by atoms with Crippen molar-refractivity contribution in [1.82, 2.24) is 10.6 Å². The number of aryl methyl sites for hydroxylation is 1. The number of benzene rings is 1. The first-order chi connectivity index (χ1) is 13.2. The predicted octanol–water partition coefficient (Wildman–Crippen LogP) is 3.94. The normalized spacial score (nSPS) is 19.3. The van der Waals surface area contributed by atoms with Crippen molar-refractivity contribution in [1.29, 1.82) is 0 Å². The first kappa shape index (κ1) is 26.0. The molecule has 0 spiro atoms. The molecule has 0 unspecified atom stereocenters. The third-order valence-electron chi connectivity index (χ3n) is 5.99. The summed E-state index contributed by atoms with van der Waals surface area (Å²) >= 11 is 0. The van der Waals surface area contributed by atoms with Gasteiger partial charge in [-0.05, 0) is 66.0 Å². The molecule has 1 aromatic carbocycles. The zero-order valence-corrected chi connectivity index (χ0v) is 19.6. The van der Waals surface area contributed by atoms with E-state index in [0.29, 0.717) is 0 Å². The Bertz CT molecular complexity index is 612. The lowest BCUT2D eigenvalue weighted by atomic mass is 9.75. The molecule has 7 heteroatoms. The van der Waals surface area contributed by atoms with Crippen molar-refractivity contribution in [2.75, 3.05) is 7.05 Å². The van der Waals surface area contributed by atoms with E-state index in [-0.39, 0.29) is 30.3 Å². The van der Waals surface area contributed by atoms with Gasteiger partial charge in [-0.2, -0.15) is 0 Å². The zero-order valence-electron chi connectivity index (χ0n) is 18.8. The summed E-state index contributed by atoms with van der Waals surface area (Å²) in [6, 6.07) is 10.2. The summed E-state index contributed by atoms with van der Waals surface area (Å²) in [6.07, 6.45) is 4.49. The maximum absolute atomic E-state index is 12.8. The summed E-state index contributed by atoms with van der Waals surface area (Å²) in [5, 5.41) is 6.32. The highest BCUT2D eigenvalue weighted by Gasteiger charge is 2.54. The molecule has 0 saturated carbocycles. The Balaban J connectivity index is 0.00000420. The average molecular weight is 425 g/mol. The van der Waals surface area contributed by atoms with Gasteiger partial charge in [0.25, 0.3) is 0 Å². The summed E-state index contributed by atoms with van der Waals surface area (Å²) < 4.78 is 12.5. The lowest BCUT2D eigenvalue weighted by Crippen LogP contribution is -2.53. The number of hydrogen-bond donors (Lipinski definition) is 2. The highest BCUT2D eigenvalue weighted by Crippen LogP contribution is 2.38. The van der Waals surface area contributed by atoms with Crippen molar-refractivity contribution in [2.24, 2.45) is 0 Å². The maximum atomic E-state index is 12.8. The third-order valence-corrected chi connectivity index (χ3v) is 5.99. The van der Waals surface area contributed by atoms with Crippen LogP contribution < -0.4 is 10.6 Å². The van der Waals surface area contributed by atoms with E-state index in [9.17, 15) is 4.79 Å². The number of likely N-dealkylation sites (N-methyl/N-ethyl adjacent to an activating group) is 1. The van der Waals surface area contributed by atoms with Crippen molar-refractivity contribution in [3.63, 3.8) is 0 Å². The molecule has 1 heterocycles. The summed E-state index contributed by atoms with van der Waals surface area (Å²) in [7, 11) is 1.39. The van der Waals surface area contributed by atoms with Crippen molar-refractivity contribution in [2.45, 2.75) is 89.9 Å². The van der Waals surface area contributed by atoms with E-state index in [2.05, 4.69) is 41.8 Å². The van der Waals surface area contributed by atoms with Gasteiger partial charge >= 0.3 is 7.12 Å². The van der Waals surface area contributed by atoms with Crippen LogP contribution in [0.25, 0.3) is 0 Å². The minimum atomic E-state index is -0.441. The molecule has 1 aliphatic rings. The van der Waals surface area contributed by atoms with Gasteiger partial charge in [0.2, 0.25) is 5.91 Å². The van der Waals surface area contributed by atoms with Gasteiger partial charge in [0.1, 0.15) is 0 Å². The molecule has 1 aromatic rings. The Hall–Kier alpha value is -1.08. The molecule has 1 amide bonds. The fourth-order valence-electron chi connectivity index (χ4n) is 3.48. The van der Waals surface area contributed by atoms with Crippen molar-refractivity contribution < 1.29 is 14.1 Å². The van der Waals surface area contributed by atoms with E-state index in [1.807, 2.05) is 40.8 Å². The number of halogens is 1. The standard InChI is InChI=1S/C22H37BN2O3.ClH/c1-7-12-18(24-6)20(26)25-19(16-11-15-17-13-9-8-10-14-17)23-27-21(2,3)22(4,5)28-23;/h8-10,13-14,18-19,24H,7,11-12,15-16H2,1-6H3,(H,25,26);1H/t18-,19+;/m1./s1. The zero-order chi connectivity index (χ0) is 20.8. The molecule has 1 aliphatic heterocycles. The lowest BCUT2D eigenvalue weighted by molar-refractivity contribution is -0.123. The minimum absolute atomic E-state index is 0. The lowest BCUT2D eigenvalue weighted by Gasteiger charge is -2.32. The van der Waals surface area contributed by atoms with E-state index in [4.69, 9.17) is 9.31 Å². The predicted molar refractivity (Wildman–Crippen MR) is 122 cm³/mol. The van der Waals surface area contributed by atoms with Crippen LogP contribution in [0, 0.1) is 0 Å². The Morgan fingerprint density at radius 2 is 1.66 bits per heavy atom. The minimum Gasteiger partial charge on any atom is -0.402 e. The van der Waals surface area contributed by atoms with Crippen LogP contribution in [0.3, 0.4) is 0 Å². The number of carbonyl (C=O) groups excluding carboxylic acids is 1. The molecule has 2 rings (SSSR count). The number of rotatable bonds is 10. The monoisotopic (exact) mass is 424 g/mol. The summed E-state index contributed by atoms with van der Waals surface area (Å²) in [5.41, 5.74) is 0.484. The third kappa shape index (κ3) is 6.99. The fraction of sp³-hybridized carbons (Fsp3) is 0.682. The Morgan fingerprint density at radius 1 is 1.07 bits per heavy atom. The van der Waals surface area contributed by atoms with Gasteiger partial charge in [0.15, 0.2) is 0 Å². The second kappa shape index (κ2) is 11.4. The molecule has 0 aliphatic carbocycles. The number of hydrogen-bond acceptors (Lipinski definition) is 4. The van der Waals surface area contributed by atoms with Crippen LogP contribution >= 0.6 is 12.4 Å². The molecule has 0 bridgehead atoms. The quantitative estimate of drug-likeness (QED) is 0.559. The summed E-state index contributed by atoms with van der Waals surface area (Å²) in [4.78, 5) is 12.8. The molecule has 0 aromatic heterocycles. The van der Waals surface area contributed by atoms with E-state index in [0.717, 1.165) is 32.1 Å². The largest absolute Gasteiger partial charge is 0.481 e. The van der Waals surface area contributed by atoms with Gasteiger partial charge < -0.3 is 19.9 Å². The smallest absolute Gasteiger partial charge is 0.402 e. The highest BCUT2D eigenvalue weighted by atomic mass is 35.5. The van der Waals surface area contributed by atoms with Gasteiger partial charge in [-0.15, -0.1) is 12.4 Å². The van der Waals surface area contributed by atoms with Gasteiger partial charge in [0, 0.05) is 0 Å².